The van der Waals surface area contributed by atoms with Crippen molar-refractivity contribution in [1.82, 2.24) is 15.0 Å². The normalized spacial score (nSPS) is 20.5. The van der Waals surface area contributed by atoms with E-state index in [1.807, 2.05) is 10.6 Å². The molecule has 0 fully saturated rings. The number of nitrogens with one attached hydrogen (secondary N) is 2. The minimum atomic E-state index is -4.74. The van der Waals surface area contributed by atoms with Gasteiger partial charge in [0.1, 0.15) is 12.1 Å². The largest absolute Gasteiger partial charge is 0.408 e. The van der Waals surface area contributed by atoms with E-state index in [9.17, 15) is 39.9 Å². The molecule has 0 saturated heterocycles. The number of alkyl halides is 7. The molecule has 14 heteroatoms. The zero-order valence-corrected chi connectivity index (χ0v) is 14.9. The number of aromatic nitrogens is 3. The van der Waals surface area contributed by atoms with E-state index in [1.165, 1.54) is 0 Å². The van der Waals surface area contributed by atoms with Gasteiger partial charge in [-0.15, -0.1) is 0 Å². The molecule has 2 rings (SSSR count). The topological polar surface area (TPSA) is 79.8 Å². The molecule has 0 radical (unpaired) electrons. The van der Waals surface area contributed by atoms with Gasteiger partial charge in [-0.2, -0.15) is 41.3 Å². The monoisotopic (exact) mass is 433 g/mol. The summed E-state index contributed by atoms with van der Waals surface area (Å²) >= 11 is 0. The number of ketones is 1. The fourth-order valence-electron chi connectivity index (χ4n) is 2.20. The van der Waals surface area contributed by atoms with Crippen LogP contribution in [0.2, 0.25) is 0 Å². The SMILES string of the molecule is C[C@@H](Nc1nc(N[C@H](C)C(F)(F)F)nc(C2=C(F)C(=O)C(F)CC2)n1)C(F)(F)F. The van der Waals surface area contributed by atoms with Crippen molar-refractivity contribution in [2.24, 2.45) is 0 Å². The Hall–Kier alpha value is -2.54. The van der Waals surface area contributed by atoms with Crippen molar-refractivity contribution >= 4 is 23.3 Å². The summed E-state index contributed by atoms with van der Waals surface area (Å²) in [5.74, 6) is -5.31. The van der Waals surface area contributed by atoms with Crippen molar-refractivity contribution in [2.75, 3.05) is 10.6 Å². The highest BCUT2D eigenvalue weighted by atomic mass is 19.4. The maximum Gasteiger partial charge on any atom is 0.408 e. The third-order valence-electron chi connectivity index (χ3n) is 3.99. The Morgan fingerprint density at radius 1 is 0.931 bits per heavy atom. The summed E-state index contributed by atoms with van der Waals surface area (Å²) in [5.41, 5.74) is -0.531. The van der Waals surface area contributed by atoms with Crippen LogP contribution in [-0.2, 0) is 4.79 Å². The van der Waals surface area contributed by atoms with Crippen LogP contribution in [0.15, 0.2) is 5.83 Å². The van der Waals surface area contributed by atoms with Gasteiger partial charge >= 0.3 is 12.4 Å². The maximum absolute atomic E-state index is 14.1. The lowest BCUT2D eigenvalue weighted by atomic mass is 9.95. The standard InChI is InChI=1S/C15H15F8N5O/c1-5(14(18,19)20)24-12-26-11(7-3-4-8(16)10(29)9(7)17)27-13(28-12)25-6(2)15(21,22)23/h5-6,8H,3-4H2,1-2H3,(H2,24,25,26,27,28)/t5-,6-,8?/m1/s1. The van der Waals surface area contributed by atoms with E-state index >= 15 is 0 Å². The smallest absolute Gasteiger partial charge is 0.343 e. The number of hydrogen-bond acceptors (Lipinski definition) is 6. The molecule has 3 atom stereocenters. The molecule has 0 saturated carbocycles. The molecule has 1 aromatic heterocycles. The minimum Gasteiger partial charge on any atom is -0.343 e. The van der Waals surface area contributed by atoms with E-state index in [4.69, 9.17) is 0 Å². The fourth-order valence-corrected chi connectivity index (χ4v) is 2.20. The first-order valence-electron chi connectivity index (χ1n) is 8.20. The number of rotatable bonds is 5. The summed E-state index contributed by atoms with van der Waals surface area (Å²) in [6.45, 7) is 1.40. The predicted octanol–water partition coefficient (Wildman–Crippen LogP) is 3.98. The van der Waals surface area contributed by atoms with Gasteiger partial charge in [-0.05, 0) is 26.7 Å². The number of halogens is 8. The second-order valence-electron chi connectivity index (χ2n) is 6.28. The van der Waals surface area contributed by atoms with Gasteiger partial charge in [-0.25, -0.2) is 8.78 Å². The van der Waals surface area contributed by atoms with E-state index in [2.05, 4.69) is 15.0 Å². The maximum atomic E-state index is 14.1. The van der Waals surface area contributed by atoms with Crippen molar-refractivity contribution in [3.8, 4) is 0 Å². The summed E-state index contributed by atoms with van der Waals surface area (Å²) < 4.78 is 104. The molecule has 6 nitrogen and oxygen atoms in total. The lowest BCUT2D eigenvalue weighted by Crippen LogP contribution is -2.35. The van der Waals surface area contributed by atoms with E-state index in [1.54, 1.807) is 0 Å². The first kappa shape index (κ1) is 22.7. The second kappa shape index (κ2) is 8.06. The Labute approximate surface area is 158 Å². The number of nitrogens with zero attached hydrogens (tertiary/aromatic N) is 3. The van der Waals surface area contributed by atoms with Crippen LogP contribution >= 0.6 is 0 Å². The lowest BCUT2D eigenvalue weighted by Gasteiger charge is -2.21. The van der Waals surface area contributed by atoms with E-state index < -0.39 is 71.9 Å². The number of Topliss-reactive ketones (excluding diaryl/α,β-unsaturated/α-hetero) is 1. The van der Waals surface area contributed by atoms with E-state index in [-0.39, 0.29) is 6.42 Å². The van der Waals surface area contributed by atoms with Crippen LogP contribution in [-0.4, -0.2) is 51.3 Å². The van der Waals surface area contributed by atoms with Crippen LogP contribution in [0.4, 0.5) is 47.0 Å². The highest BCUT2D eigenvalue weighted by molar-refractivity contribution is 6.04. The Bertz CT molecular complexity index is 767. The van der Waals surface area contributed by atoms with Crippen molar-refractivity contribution in [2.45, 2.75) is 57.3 Å². The number of hydrogen-bond donors (Lipinski definition) is 2. The van der Waals surface area contributed by atoms with Gasteiger partial charge in [-0.1, -0.05) is 0 Å². The summed E-state index contributed by atoms with van der Waals surface area (Å²) in [5, 5.41) is 3.67. The molecule has 0 spiro atoms. The molecule has 1 unspecified atom stereocenters. The first-order chi connectivity index (χ1) is 13.2. The van der Waals surface area contributed by atoms with Gasteiger partial charge in [0.25, 0.3) is 0 Å². The van der Waals surface area contributed by atoms with Crippen LogP contribution in [0.3, 0.4) is 0 Å². The van der Waals surface area contributed by atoms with E-state index in [0.717, 1.165) is 0 Å². The zero-order valence-electron chi connectivity index (χ0n) is 14.9. The molecule has 1 heterocycles. The Balaban J connectivity index is 2.48. The molecule has 1 aliphatic carbocycles. The molecule has 1 aromatic rings. The van der Waals surface area contributed by atoms with Gasteiger partial charge in [-0.3, -0.25) is 4.79 Å². The quantitative estimate of drug-likeness (QED) is 0.684. The summed E-state index contributed by atoms with van der Waals surface area (Å²) in [6.07, 6.45) is -12.4. The first-order valence-corrected chi connectivity index (χ1v) is 8.20. The summed E-state index contributed by atoms with van der Waals surface area (Å²) in [7, 11) is 0. The van der Waals surface area contributed by atoms with Crippen molar-refractivity contribution < 1.29 is 39.9 Å². The molecule has 1 aliphatic rings. The van der Waals surface area contributed by atoms with Crippen LogP contribution in [0, 0.1) is 0 Å². The molecule has 0 amide bonds. The van der Waals surface area contributed by atoms with Gasteiger partial charge in [0.15, 0.2) is 17.8 Å². The molecule has 0 bridgehead atoms. The second-order valence-corrected chi connectivity index (χ2v) is 6.28. The molecule has 0 aromatic carbocycles. The molecular weight excluding hydrogens is 418 g/mol. The van der Waals surface area contributed by atoms with Crippen molar-refractivity contribution in [3.63, 3.8) is 0 Å². The number of carbonyl (C=O) groups excluding carboxylic acids is 1. The average Bonchev–Trinajstić information content (AvgIpc) is 2.58. The minimum absolute atomic E-state index is 0.384. The lowest BCUT2D eigenvalue weighted by molar-refractivity contribution is -0.139. The fraction of sp³-hybridized carbons (Fsp3) is 0.600. The van der Waals surface area contributed by atoms with Crippen LogP contribution < -0.4 is 10.6 Å². The zero-order chi connectivity index (χ0) is 22.1. The van der Waals surface area contributed by atoms with Gasteiger partial charge < -0.3 is 10.6 Å². The van der Waals surface area contributed by atoms with Crippen LogP contribution in [0.5, 0.6) is 0 Å². The Morgan fingerprint density at radius 3 is 1.79 bits per heavy atom. The molecule has 162 valence electrons. The summed E-state index contributed by atoms with van der Waals surface area (Å²) in [6, 6.07) is -4.40. The third-order valence-corrected chi connectivity index (χ3v) is 3.99. The van der Waals surface area contributed by atoms with Crippen LogP contribution in [0.25, 0.3) is 5.57 Å². The van der Waals surface area contributed by atoms with Crippen LogP contribution in [0.1, 0.15) is 32.5 Å². The molecule has 29 heavy (non-hydrogen) atoms. The van der Waals surface area contributed by atoms with E-state index in [0.29, 0.717) is 13.8 Å². The van der Waals surface area contributed by atoms with Gasteiger partial charge in [0.2, 0.25) is 17.7 Å². The third kappa shape index (κ3) is 5.50. The highest BCUT2D eigenvalue weighted by Gasteiger charge is 2.39. The Kier molecular flexibility index (Phi) is 6.33. The molecule has 2 N–H and O–H groups in total. The number of allylic oxidation sites excluding steroid dienone is 2. The van der Waals surface area contributed by atoms with Gasteiger partial charge in [0.05, 0.1) is 0 Å². The molecular formula is C15H15F8N5O. The summed E-state index contributed by atoms with van der Waals surface area (Å²) in [4.78, 5) is 22.1. The molecule has 0 aliphatic heterocycles. The predicted molar refractivity (Wildman–Crippen MR) is 85.3 cm³/mol. The van der Waals surface area contributed by atoms with Crippen molar-refractivity contribution in [1.29, 1.82) is 0 Å². The average molecular weight is 433 g/mol. The number of anilines is 2. The van der Waals surface area contributed by atoms with Crippen molar-refractivity contribution in [3.05, 3.63) is 11.7 Å². The van der Waals surface area contributed by atoms with Gasteiger partial charge in [0, 0.05) is 5.57 Å². The Morgan fingerprint density at radius 2 is 1.38 bits per heavy atom. The highest BCUT2D eigenvalue weighted by Crippen LogP contribution is 2.32. The number of carbonyl (C=O) groups is 1.